The normalized spacial score (nSPS) is 19.1. The third-order valence-corrected chi connectivity index (χ3v) is 11.6. The van der Waals surface area contributed by atoms with Crippen molar-refractivity contribution in [2.24, 2.45) is 0 Å². The second kappa shape index (κ2) is 19.7. The first-order valence-electron chi connectivity index (χ1n) is 21.0. The van der Waals surface area contributed by atoms with Gasteiger partial charge in [-0.2, -0.15) is 9.97 Å². The number of hydrogen-bond acceptors (Lipinski definition) is 16. The number of nitrogens with zero attached hydrogens (tertiary/aromatic N) is 15. The molecule has 0 unspecified atom stereocenters. The summed E-state index contributed by atoms with van der Waals surface area (Å²) in [6.45, 7) is 6.88. The Kier molecular flexibility index (Phi) is 13.5. The Morgan fingerprint density at radius 2 is 1.21 bits per heavy atom. The Bertz CT molecular complexity index is 2450. The van der Waals surface area contributed by atoms with Gasteiger partial charge in [-0.3, -0.25) is 24.1 Å². The van der Waals surface area contributed by atoms with Crippen LogP contribution in [-0.4, -0.2) is 136 Å². The van der Waals surface area contributed by atoms with Gasteiger partial charge >= 0.3 is 0 Å². The fourth-order valence-electron chi connectivity index (χ4n) is 8.31. The lowest BCUT2D eigenvalue weighted by Crippen LogP contribution is -2.57. The molecule has 1 N–H and O–H groups in total. The van der Waals surface area contributed by atoms with Crippen molar-refractivity contribution in [2.75, 3.05) is 60.1 Å². The molecular formula is C42H49ClN16O4. The number of hydrogen-bond donors (Lipinski definition) is 1. The minimum atomic E-state index is -0.259. The summed E-state index contributed by atoms with van der Waals surface area (Å²) in [5.74, 6) is 3.52. The van der Waals surface area contributed by atoms with Gasteiger partial charge < -0.3 is 34.1 Å². The highest BCUT2D eigenvalue weighted by molar-refractivity contribution is 6.28. The number of aromatic amines is 1. The first-order chi connectivity index (χ1) is 30.8. The molecule has 2 atom stereocenters. The smallest absolute Gasteiger partial charge is 0.249 e. The molecule has 21 heteroatoms. The van der Waals surface area contributed by atoms with E-state index in [1.165, 1.54) is 0 Å². The molecule has 0 aromatic carbocycles. The van der Waals surface area contributed by atoms with Crippen molar-refractivity contribution in [3.05, 3.63) is 79.6 Å². The molecule has 63 heavy (non-hydrogen) atoms. The molecule has 0 aliphatic carbocycles. The van der Waals surface area contributed by atoms with E-state index in [1.807, 2.05) is 13.8 Å². The van der Waals surface area contributed by atoms with Crippen LogP contribution in [0.25, 0.3) is 29.0 Å². The number of likely N-dealkylation sites (N-methyl/N-ethyl adjacent to an activating group) is 2. The number of aromatic nitrogens is 12. The van der Waals surface area contributed by atoms with Crippen molar-refractivity contribution in [3.63, 3.8) is 0 Å². The van der Waals surface area contributed by atoms with E-state index >= 15 is 0 Å². The number of ether oxygens (including phenoxy) is 2. The Hall–Kier alpha value is -6.51. The number of fused-ring (bicyclic) bond motifs is 2. The SMILES string of the molecule is CC[C@@H]1C(=O)N(C)c2cnc(-n3ccnc3-c3cnccn3)nc2N1C1CCOCC1.CC[C@@H]1C(=O)N(C)c2cnc(Cl)nc2N1C1CCOCC1.c1cnc(-c2ncc[nH]2)cn1. The minimum absolute atomic E-state index is 0.0701. The maximum Gasteiger partial charge on any atom is 0.249 e. The fourth-order valence-corrected chi connectivity index (χ4v) is 8.44. The van der Waals surface area contributed by atoms with Gasteiger partial charge in [-0.25, -0.2) is 29.9 Å². The van der Waals surface area contributed by atoms with E-state index in [2.05, 4.69) is 59.6 Å². The van der Waals surface area contributed by atoms with Crippen molar-refractivity contribution < 1.29 is 19.1 Å². The Balaban J connectivity index is 0.000000146. The lowest BCUT2D eigenvalue weighted by atomic mass is 9.99. The van der Waals surface area contributed by atoms with Crippen LogP contribution in [-0.2, 0) is 19.1 Å². The summed E-state index contributed by atoms with van der Waals surface area (Å²) in [7, 11) is 3.55. The second-order valence-corrected chi connectivity index (χ2v) is 15.4. The minimum Gasteiger partial charge on any atom is -0.381 e. The van der Waals surface area contributed by atoms with Gasteiger partial charge in [0.1, 0.15) is 34.8 Å². The zero-order valence-electron chi connectivity index (χ0n) is 35.5. The highest BCUT2D eigenvalue weighted by atomic mass is 35.5. The summed E-state index contributed by atoms with van der Waals surface area (Å²) in [6, 6.07) is -0.00618. The number of H-pyrrole nitrogens is 1. The number of halogens is 1. The van der Waals surface area contributed by atoms with E-state index in [9.17, 15) is 9.59 Å². The average molecular weight is 877 g/mol. The molecule has 2 amide bonds. The monoisotopic (exact) mass is 876 g/mol. The summed E-state index contributed by atoms with van der Waals surface area (Å²) in [4.78, 5) is 79.1. The van der Waals surface area contributed by atoms with Crippen molar-refractivity contribution in [2.45, 2.75) is 76.5 Å². The zero-order valence-corrected chi connectivity index (χ0v) is 36.3. The third-order valence-electron chi connectivity index (χ3n) is 11.5. The fraction of sp³-hybridized carbons (Fsp3) is 0.429. The number of carbonyl (C=O) groups is 2. The Morgan fingerprint density at radius 1 is 0.651 bits per heavy atom. The van der Waals surface area contributed by atoms with E-state index in [4.69, 9.17) is 26.1 Å². The number of anilines is 4. The summed E-state index contributed by atoms with van der Waals surface area (Å²) >= 11 is 5.98. The van der Waals surface area contributed by atoms with Gasteiger partial charge in [0, 0.05) is 102 Å². The van der Waals surface area contributed by atoms with Gasteiger partial charge in [-0.15, -0.1) is 0 Å². The molecule has 10 heterocycles. The lowest BCUT2D eigenvalue weighted by molar-refractivity contribution is -0.121. The maximum atomic E-state index is 13.1. The van der Waals surface area contributed by atoms with Gasteiger partial charge in [0.05, 0.1) is 24.8 Å². The van der Waals surface area contributed by atoms with Crippen molar-refractivity contribution in [1.82, 2.24) is 59.4 Å². The maximum absolute atomic E-state index is 13.1. The van der Waals surface area contributed by atoms with Crippen LogP contribution < -0.4 is 19.6 Å². The molecule has 328 valence electrons. The summed E-state index contributed by atoms with van der Waals surface area (Å²) in [5, 5.41) is 0.211. The largest absolute Gasteiger partial charge is 0.381 e. The number of carbonyl (C=O) groups excluding carboxylic acids is 2. The molecule has 6 aromatic heterocycles. The van der Waals surface area contributed by atoms with Gasteiger partial charge in [0.2, 0.25) is 23.0 Å². The topological polar surface area (TPSA) is 215 Å². The van der Waals surface area contributed by atoms with Gasteiger partial charge in [-0.1, -0.05) is 13.8 Å². The Labute approximate surface area is 369 Å². The first-order valence-corrected chi connectivity index (χ1v) is 21.4. The standard InChI is InChI=1S/C21H24N8O2.C14H19ClN4O2.C7H6N4/c1-3-16-20(30)27(2)17-13-25-21(26-19(17)29(16)14-4-10-31-11-5-14)28-9-8-24-18(28)15-12-22-6-7-23-15;1-3-10-13(20)18(2)11-8-16-14(15)17-12(11)19(10)9-4-6-21-7-5-9;1-2-9-6(5-8-1)7-10-3-4-11-7/h6-9,12-14,16H,3-5,10-11H2,1-2H3;8-10H,3-7H2,1-2H3;1-5H,(H,10,11)/t16-;10-;/m11./s1. The van der Waals surface area contributed by atoms with Crippen molar-refractivity contribution >= 4 is 46.4 Å². The molecule has 10 rings (SSSR count). The number of nitrogens with one attached hydrogen (secondary N) is 1. The van der Waals surface area contributed by atoms with Crippen LogP contribution >= 0.6 is 11.6 Å². The highest BCUT2D eigenvalue weighted by Gasteiger charge is 2.42. The van der Waals surface area contributed by atoms with Crippen LogP contribution in [0.15, 0.2) is 74.4 Å². The predicted molar refractivity (Wildman–Crippen MR) is 234 cm³/mol. The van der Waals surface area contributed by atoms with Gasteiger partial charge in [0.25, 0.3) is 0 Å². The summed E-state index contributed by atoms with van der Waals surface area (Å²) in [6.07, 6.45) is 25.1. The third kappa shape index (κ3) is 9.04. The molecule has 2 saturated heterocycles. The van der Waals surface area contributed by atoms with Crippen LogP contribution in [0.2, 0.25) is 5.28 Å². The summed E-state index contributed by atoms with van der Waals surface area (Å²) < 4.78 is 12.8. The van der Waals surface area contributed by atoms with E-state index in [0.717, 1.165) is 74.2 Å². The molecule has 0 radical (unpaired) electrons. The second-order valence-electron chi connectivity index (χ2n) is 15.1. The summed E-state index contributed by atoms with van der Waals surface area (Å²) in [5.41, 5.74) is 2.83. The molecule has 20 nitrogen and oxygen atoms in total. The molecule has 0 spiro atoms. The van der Waals surface area contributed by atoms with Crippen LogP contribution in [0.1, 0.15) is 52.4 Å². The molecule has 4 aliphatic heterocycles. The van der Waals surface area contributed by atoms with Crippen LogP contribution in [0.5, 0.6) is 0 Å². The predicted octanol–water partition coefficient (Wildman–Crippen LogP) is 4.60. The van der Waals surface area contributed by atoms with E-state index in [0.29, 0.717) is 42.8 Å². The molecule has 0 bridgehead atoms. The number of imidazole rings is 2. The number of amides is 2. The van der Waals surface area contributed by atoms with Gasteiger partial charge in [-0.05, 0) is 50.1 Å². The number of rotatable bonds is 7. The molecule has 6 aromatic rings. The quantitative estimate of drug-likeness (QED) is 0.217. The average Bonchev–Trinajstić information content (AvgIpc) is 4.07. The van der Waals surface area contributed by atoms with E-state index in [-0.39, 0.29) is 41.3 Å². The molecule has 2 fully saturated rings. The van der Waals surface area contributed by atoms with E-state index in [1.54, 1.807) is 103 Å². The van der Waals surface area contributed by atoms with Crippen LogP contribution in [0, 0.1) is 0 Å². The van der Waals surface area contributed by atoms with E-state index < -0.39 is 0 Å². The van der Waals surface area contributed by atoms with Crippen molar-refractivity contribution in [1.29, 1.82) is 0 Å². The molecular weight excluding hydrogens is 828 g/mol. The Morgan fingerprint density at radius 3 is 1.73 bits per heavy atom. The van der Waals surface area contributed by atoms with Crippen LogP contribution in [0.4, 0.5) is 23.0 Å². The van der Waals surface area contributed by atoms with Gasteiger partial charge in [0.15, 0.2) is 23.3 Å². The first kappa shape index (κ1) is 43.2. The zero-order chi connectivity index (χ0) is 43.9. The van der Waals surface area contributed by atoms with Crippen LogP contribution in [0.3, 0.4) is 0 Å². The highest BCUT2D eigenvalue weighted by Crippen LogP contribution is 2.39. The molecule has 4 aliphatic rings. The lowest BCUT2D eigenvalue weighted by Gasteiger charge is -2.45. The van der Waals surface area contributed by atoms with Crippen molar-refractivity contribution in [3.8, 4) is 29.0 Å². The molecule has 0 saturated carbocycles.